The molecule has 10 heteroatoms. The summed E-state index contributed by atoms with van der Waals surface area (Å²) in [4.78, 5) is 3.78. The molecule has 0 aliphatic rings. The Labute approximate surface area is 147 Å². The van der Waals surface area contributed by atoms with Crippen LogP contribution in [0.4, 0.5) is 25.2 Å². The average Bonchev–Trinajstić information content (AvgIpc) is 2.45. The van der Waals surface area contributed by atoms with Crippen molar-refractivity contribution in [1.29, 1.82) is 0 Å². The third-order valence-corrected chi connectivity index (χ3v) is 2.11. The number of halogens is 7. The summed E-state index contributed by atoms with van der Waals surface area (Å²) in [5, 5.41) is 0. The minimum Gasteiger partial charge on any atom is -0.265 e. The first kappa shape index (κ1) is 25.0. The van der Waals surface area contributed by atoms with Crippen LogP contribution in [0.1, 0.15) is 19.8 Å². The van der Waals surface area contributed by atoms with E-state index in [0.29, 0.717) is 0 Å². The Balaban J connectivity index is 0. The number of pyridine rings is 2. The molecule has 0 radical (unpaired) electrons. The zero-order valence-corrected chi connectivity index (χ0v) is 15.5. The van der Waals surface area contributed by atoms with E-state index >= 15 is 0 Å². The molecular weight excluding hydrogens is 421 g/mol. The van der Waals surface area contributed by atoms with E-state index in [1.807, 2.05) is 24.3 Å². The molecule has 0 spiro atoms. The Morgan fingerprint density at radius 2 is 1.21 bits per heavy atom. The van der Waals surface area contributed by atoms with Gasteiger partial charge in [0.1, 0.15) is 6.54 Å². The second-order valence-corrected chi connectivity index (χ2v) is 6.37. The molecule has 0 aliphatic heterocycles. The van der Waals surface area contributed by atoms with Crippen molar-refractivity contribution in [2.45, 2.75) is 26.3 Å². The second-order valence-electron chi connectivity index (χ2n) is 4.45. The zero-order valence-electron chi connectivity index (χ0n) is 12.9. The fourth-order valence-corrected chi connectivity index (χ4v) is 1.24. The van der Waals surface area contributed by atoms with Crippen LogP contribution in [0.5, 0.6) is 0 Å². The number of hydrogen-bond acceptors (Lipinski definition) is 1. The molecule has 2 aromatic rings. The monoisotopic (exact) mass is 440 g/mol. The fourth-order valence-electron chi connectivity index (χ4n) is 1.24. The van der Waals surface area contributed by atoms with Crippen molar-refractivity contribution in [3.05, 3.63) is 61.2 Å². The van der Waals surface area contributed by atoms with Gasteiger partial charge in [-0.2, -0.15) is 0 Å². The third-order valence-electron chi connectivity index (χ3n) is 2.11. The summed E-state index contributed by atoms with van der Waals surface area (Å²) in [6, 6.07) is 11.9. The Morgan fingerprint density at radius 1 is 0.792 bits per heavy atom. The van der Waals surface area contributed by atoms with Crippen LogP contribution in [-0.4, -0.2) is 4.98 Å². The molecule has 0 aromatic carbocycles. The van der Waals surface area contributed by atoms with Gasteiger partial charge in [0.2, 0.25) is 0 Å². The Hall–Kier alpha value is -1.21. The van der Waals surface area contributed by atoms with Gasteiger partial charge in [0.05, 0.1) is 0 Å². The van der Waals surface area contributed by atoms with Crippen molar-refractivity contribution < 1.29 is 29.7 Å². The molecule has 140 valence electrons. The topological polar surface area (TPSA) is 16.8 Å². The summed E-state index contributed by atoms with van der Waals surface area (Å²) in [5.41, 5.74) is 0. The first-order chi connectivity index (χ1) is 10.4. The molecule has 24 heavy (non-hydrogen) atoms. The molecule has 0 aliphatic carbocycles. The molecule has 0 atom stereocenters. The molecule has 2 nitrogen and oxygen atoms in total. The minimum absolute atomic E-state index is 0. The molecule has 0 amide bonds. The first-order valence-corrected chi connectivity index (χ1v) is 8.77. The van der Waals surface area contributed by atoms with Gasteiger partial charge in [0.25, 0.3) is 0 Å². The average molecular weight is 441 g/mol. The summed E-state index contributed by atoms with van der Waals surface area (Å²) in [7, 11) is -10.7. The van der Waals surface area contributed by atoms with Gasteiger partial charge in [-0.15, -0.1) is 17.0 Å². The molecule has 0 saturated heterocycles. The van der Waals surface area contributed by atoms with Crippen molar-refractivity contribution in [3.63, 3.8) is 0 Å². The van der Waals surface area contributed by atoms with Crippen molar-refractivity contribution >= 4 is 24.8 Å². The SMILES string of the molecule is Br.CCCC[n+]1ccccc1.F[P-](F)(F)(F)(F)F.c1ccncc1. The smallest absolute Gasteiger partial charge is 0.0267 e. The van der Waals surface area contributed by atoms with Gasteiger partial charge in [-0.1, -0.05) is 25.5 Å². The van der Waals surface area contributed by atoms with Gasteiger partial charge < -0.3 is 0 Å². The summed E-state index contributed by atoms with van der Waals surface area (Å²) < 4.78 is 61.4. The van der Waals surface area contributed by atoms with Gasteiger partial charge in [-0.05, 0) is 12.1 Å². The number of hydrogen-bond donors (Lipinski definition) is 0. The number of unbranched alkanes of at least 4 members (excludes halogenated alkanes) is 1. The third kappa shape index (κ3) is 28.9. The van der Waals surface area contributed by atoms with E-state index in [-0.39, 0.29) is 17.0 Å². The molecule has 0 unspecified atom stereocenters. The molecule has 0 N–H and O–H groups in total. The van der Waals surface area contributed by atoms with E-state index in [2.05, 4.69) is 41.0 Å². The van der Waals surface area contributed by atoms with Crippen LogP contribution in [0.25, 0.3) is 0 Å². The van der Waals surface area contributed by atoms with Crippen LogP contribution < -0.4 is 4.57 Å². The molecule has 2 aromatic heterocycles. The molecule has 0 fully saturated rings. The molecule has 0 bridgehead atoms. The maximum atomic E-state index is 9.87. The van der Waals surface area contributed by atoms with Crippen LogP contribution in [-0.2, 0) is 6.54 Å². The maximum absolute atomic E-state index is 10.7. The Kier molecular flexibility index (Phi) is 10.4. The quantitative estimate of drug-likeness (QED) is 0.290. The van der Waals surface area contributed by atoms with E-state index in [4.69, 9.17) is 0 Å². The first-order valence-electron chi connectivity index (χ1n) is 6.74. The van der Waals surface area contributed by atoms with Crippen molar-refractivity contribution in [2.75, 3.05) is 0 Å². The molecule has 0 saturated carbocycles. The standard InChI is InChI=1S/C9H14N.C5H5N.BrH.F6P/c1-2-3-7-10-8-5-4-6-9-10;1-2-4-6-5-3-1;;1-7(2,3,4,5)6/h4-6,8-9H,2-3,7H2,1H3;1-5H;1H;/q+1;;;-1. The molecular formula is C14H20BrF6N2P. The summed E-state index contributed by atoms with van der Waals surface area (Å²) in [6.45, 7) is 3.36. The summed E-state index contributed by atoms with van der Waals surface area (Å²) in [6.07, 6.45) is 10.3. The van der Waals surface area contributed by atoms with Crippen molar-refractivity contribution in [1.82, 2.24) is 4.98 Å². The summed E-state index contributed by atoms with van der Waals surface area (Å²) in [5.74, 6) is 0. The van der Waals surface area contributed by atoms with Crippen LogP contribution in [0.15, 0.2) is 61.2 Å². The minimum atomic E-state index is -10.7. The predicted octanol–water partition coefficient (Wildman–Crippen LogP) is 6.82. The van der Waals surface area contributed by atoms with E-state index in [9.17, 15) is 25.2 Å². The summed E-state index contributed by atoms with van der Waals surface area (Å²) >= 11 is 0. The van der Waals surface area contributed by atoms with Gasteiger partial charge in [0.15, 0.2) is 12.4 Å². The van der Waals surface area contributed by atoms with Gasteiger partial charge >= 0.3 is 33.0 Å². The van der Waals surface area contributed by atoms with Crippen LogP contribution in [0.2, 0.25) is 0 Å². The molecule has 2 rings (SSSR count). The Bertz CT molecular complexity index is 499. The largest absolute Gasteiger partial charge is 0.265 e. The van der Waals surface area contributed by atoms with Crippen molar-refractivity contribution in [2.24, 2.45) is 0 Å². The van der Waals surface area contributed by atoms with E-state index in [1.165, 1.54) is 12.8 Å². The normalized spacial score (nSPS) is 12.8. The number of aryl methyl sites for hydroxylation is 1. The zero-order chi connectivity index (χ0) is 17.9. The van der Waals surface area contributed by atoms with Gasteiger partial charge in [-0.25, -0.2) is 4.57 Å². The van der Waals surface area contributed by atoms with E-state index < -0.39 is 7.81 Å². The van der Waals surface area contributed by atoms with E-state index in [0.717, 1.165) is 6.54 Å². The van der Waals surface area contributed by atoms with Crippen molar-refractivity contribution in [3.8, 4) is 0 Å². The van der Waals surface area contributed by atoms with E-state index in [1.54, 1.807) is 12.4 Å². The van der Waals surface area contributed by atoms with Crippen LogP contribution in [0, 0.1) is 0 Å². The number of rotatable bonds is 3. The Morgan fingerprint density at radius 3 is 1.50 bits per heavy atom. The number of nitrogens with zero attached hydrogens (tertiary/aromatic N) is 2. The van der Waals surface area contributed by atoms with Gasteiger partial charge in [0, 0.05) is 30.9 Å². The second kappa shape index (κ2) is 9.93. The maximum Gasteiger partial charge on any atom is 0.0267 e. The molecule has 2 heterocycles. The number of aromatic nitrogens is 2. The van der Waals surface area contributed by atoms with Crippen LogP contribution >= 0.6 is 24.8 Å². The fraction of sp³-hybridized carbons (Fsp3) is 0.286. The van der Waals surface area contributed by atoms with Crippen LogP contribution in [0.3, 0.4) is 0 Å². The van der Waals surface area contributed by atoms with Gasteiger partial charge in [-0.3, -0.25) is 4.98 Å². The predicted molar refractivity (Wildman–Crippen MR) is 89.7 cm³/mol.